The normalized spacial score (nSPS) is 13.9. The van der Waals surface area contributed by atoms with Gasteiger partial charge >= 0.3 is 0 Å². The molecule has 0 heteroatoms. The van der Waals surface area contributed by atoms with E-state index in [2.05, 4.69) is 62.4 Å². The Morgan fingerprint density at radius 1 is 0.467 bits per heavy atom. The summed E-state index contributed by atoms with van der Waals surface area (Å²) in [5.41, 5.74) is 6.49. The van der Waals surface area contributed by atoms with E-state index in [4.69, 9.17) is 0 Å². The van der Waals surface area contributed by atoms with Gasteiger partial charge in [0.15, 0.2) is 0 Å². The largest absolute Gasteiger partial charge is 0.0654 e. The summed E-state index contributed by atoms with van der Waals surface area (Å²) in [4.78, 5) is 0. The molecular weight excluding hydrogens is 360 g/mol. The van der Waals surface area contributed by atoms with E-state index in [1.54, 1.807) is 11.1 Å². The molecule has 0 N–H and O–H groups in total. The maximum absolute atomic E-state index is 2.44. The molecule has 0 amide bonds. The third-order valence-electron chi connectivity index (χ3n) is 7.34. The molecule has 0 aliphatic heterocycles. The summed E-state index contributed by atoms with van der Waals surface area (Å²) in [5.74, 6) is 0. The summed E-state index contributed by atoms with van der Waals surface area (Å²) < 4.78 is 0. The Bertz CT molecular complexity index is 696. The fourth-order valence-electron chi connectivity index (χ4n) is 5.67. The minimum atomic E-state index is 0.251. The topological polar surface area (TPSA) is 0 Å². The van der Waals surface area contributed by atoms with Gasteiger partial charge in [0.25, 0.3) is 0 Å². The van der Waals surface area contributed by atoms with Gasteiger partial charge in [-0.1, -0.05) is 146 Å². The third kappa shape index (κ3) is 5.57. The van der Waals surface area contributed by atoms with Crippen LogP contribution in [-0.4, -0.2) is 0 Å². The van der Waals surface area contributed by atoms with Gasteiger partial charge in [-0.3, -0.25) is 0 Å². The van der Waals surface area contributed by atoms with Gasteiger partial charge < -0.3 is 0 Å². The lowest BCUT2D eigenvalue weighted by Crippen LogP contribution is -2.25. The van der Waals surface area contributed by atoms with Crippen LogP contribution >= 0.6 is 0 Å². The van der Waals surface area contributed by atoms with Crippen LogP contribution in [-0.2, 0) is 5.41 Å². The summed E-state index contributed by atoms with van der Waals surface area (Å²) in [6, 6.07) is 18.6. The molecule has 164 valence electrons. The number of hydrogen-bond acceptors (Lipinski definition) is 0. The molecule has 0 saturated heterocycles. The van der Waals surface area contributed by atoms with Crippen LogP contribution < -0.4 is 0 Å². The summed E-state index contributed by atoms with van der Waals surface area (Å²) in [7, 11) is 0. The first-order valence-corrected chi connectivity index (χ1v) is 13.0. The molecule has 2 aromatic carbocycles. The highest BCUT2D eigenvalue weighted by Crippen LogP contribution is 2.53. The molecule has 0 bridgehead atoms. The van der Waals surface area contributed by atoms with Crippen molar-refractivity contribution in [3.63, 3.8) is 0 Å². The van der Waals surface area contributed by atoms with Crippen LogP contribution in [0.3, 0.4) is 0 Å². The van der Waals surface area contributed by atoms with Gasteiger partial charge in [-0.25, -0.2) is 0 Å². The smallest absolute Gasteiger partial charge is 0.0215 e. The van der Waals surface area contributed by atoms with Gasteiger partial charge in [-0.2, -0.15) is 0 Å². The Balaban J connectivity index is 1.71. The second-order valence-electron chi connectivity index (χ2n) is 9.56. The molecule has 1 aliphatic rings. The van der Waals surface area contributed by atoms with Gasteiger partial charge in [-0.05, 0) is 35.1 Å². The number of fused-ring (bicyclic) bond motifs is 3. The van der Waals surface area contributed by atoms with Crippen molar-refractivity contribution in [2.45, 2.75) is 116 Å². The zero-order chi connectivity index (χ0) is 21.1. The van der Waals surface area contributed by atoms with Crippen molar-refractivity contribution >= 4 is 0 Å². The minimum absolute atomic E-state index is 0.251. The monoisotopic (exact) mass is 404 g/mol. The molecule has 0 radical (unpaired) electrons. The van der Waals surface area contributed by atoms with E-state index < -0.39 is 0 Å². The number of benzene rings is 2. The van der Waals surface area contributed by atoms with Crippen molar-refractivity contribution in [3.05, 3.63) is 59.7 Å². The Morgan fingerprint density at radius 2 is 0.833 bits per heavy atom. The van der Waals surface area contributed by atoms with Crippen LogP contribution in [0, 0.1) is 0 Å². The van der Waals surface area contributed by atoms with Crippen molar-refractivity contribution in [2.75, 3.05) is 0 Å². The van der Waals surface area contributed by atoms with E-state index in [0.29, 0.717) is 0 Å². The fourth-order valence-corrected chi connectivity index (χ4v) is 5.67. The Labute approximate surface area is 186 Å². The van der Waals surface area contributed by atoms with Crippen LogP contribution in [0.15, 0.2) is 48.5 Å². The van der Waals surface area contributed by atoms with Crippen LogP contribution in [0.4, 0.5) is 0 Å². The van der Waals surface area contributed by atoms with E-state index >= 15 is 0 Å². The molecule has 0 nitrogen and oxygen atoms in total. The average Bonchev–Trinajstić information content (AvgIpc) is 3.06. The van der Waals surface area contributed by atoms with Gasteiger partial charge in [0.2, 0.25) is 0 Å². The SMILES string of the molecule is CCCCCCCCCC1(CCCCCCCC)c2ccccc2-c2ccccc21. The van der Waals surface area contributed by atoms with Crippen LogP contribution in [0.2, 0.25) is 0 Å². The van der Waals surface area contributed by atoms with E-state index in [1.165, 1.54) is 107 Å². The Hall–Kier alpha value is -1.56. The first kappa shape index (κ1) is 23.1. The maximum Gasteiger partial charge on any atom is 0.0215 e. The van der Waals surface area contributed by atoms with Crippen LogP contribution in [0.25, 0.3) is 11.1 Å². The molecule has 0 unspecified atom stereocenters. The molecule has 0 saturated carbocycles. The standard InChI is InChI=1S/C30H44/c1-3-5-7-9-11-13-19-25-30(24-18-12-10-8-6-4-2)28-22-16-14-20-26(28)27-21-15-17-23-29(27)30/h14-17,20-23H,3-13,18-19,24-25H2,1-2H3. The Morgan fingerprint density at radius 3 is 1.27 bits per heavy atom. The van der Waals surface area contributed by atoms with Crippen molar-refractivity contribution in [1.29, 1.82) is 0 Å². The van der Waals surface area contributed by atoms with Crippen LogP contribution in [0.5, 0.6) is 0 Å². The highest BCUT2D eigenvalue weighted by atomic mass is 14.4. The van der Waals surface area contributed by atoms with Crippen molar-refractivity contribution in [2.24, 2.45) is 0 Å². The third-order valence-corrected chi connectivity index (χ3v) is 7.34. The van der Waals surface area contributed by atoms with Crippen molar-refractivity contribution in [1.82, 2.24) is 0 Å². The number of rotatable bonds is 15. The molecule has 30 heavy (non-hydrogen) atoms. The van der Waals surface area contributed by atoms with Gasteiger partial charge in [0.1, 0.15) is 0 Å². The lowest BCUT2D eigenvalue weighted by atomic mass is 9.70. The molecular formula is C30H44. The predicted molar refractivity (Wildman–Crippen MR) is 133 cm³/mol. The molecule has 1 aliphatic carbocycles. The van der Waals surface area contributed by atoms with E-state index in [0.717, 1.165) is 0 Å². The summed E-state index contributed by atoms with van der Waals surface area (Å²) in [6.45, 7) is 4.62. The van der Waals surface area contributed by atoms with E-state index in [9.17, 15) is 0 Å². The quantitative estimate of drug-likeness (QED) is 0.259. The minimum Gasteiger partial charge on any atom is -0.0654 e. The average molecular weight is 405 g/mol. The highest BCUT2D eigenvalue weighted by Gasteiger charge is 2.41. The highest BCUT2D eigenvalue weighted by molar-refractivity contribution is 5.80. The molecule has 3 rings (SSSR count). The zero-order valence-electron chi connectivity index (χ0n) is 19.7. The molecule has 2 aromatic rings. The first-order chi connectivity index (χ1) is 14.8. The summed E-state index contributed by atoms with van der Waals surface area (Å²) >= 11 is 0. The van der Waals surface area contributed by atoms with E-state index in [-0.39, 0.29) is 5.41 Å². The van der Waals surface area contributed by atoms with Crippen LogP contribution in [0.1, 0.15) is 121 Å². The number of hydrogen-bond donors (Lipinski definition) is 0. The summed E-state index contributed by atoms with van der Waals surface area (Å²) in [6.07, 6.45) is 20.7. The Kier molecular flexibility index (Phi) is 9.50. The maximum atomic E-state index is 2.44. The fraction of sp³-hybridized carbons (Fsp3) is 0.600. The molecule has 0 atom stereocenters. The molecule has 0 fully saturated rings. The second-order valence-corrected chi connectivity index (χ2v) is 9.56. The second kappa shape index (κ2) is 12.3. The molecule has 0 heterocycles. The lowest BCUT2D eigenvalue weighted by Gasteiger charge is -2.33. The van der Waals surface area contributed by atoms with E-state index in [1.807, 2.05) is 0 Å². The van der Waals surface area contributed by atoms with Gasteiger partial charge in [0, 0.05) is 5.41 Å². The summed E-state index contributed by atoms with van der Waals surface area (Å²) in [5, 5.41) is 0. The molecule has 0 aromatic heterocycles. The van der Waals surface area contributed by atoms with Crippen molar-refractivity contribution < 1.29 is 0 Å². The lowest BCUT2D eigenvalue weighted by molar-refractivity contribution is 0.397. The number of unbranched alkanes of at least 4 members (excludes halogenated alkanes) is 11. The van der Waals surface area contributed by atoms with Gasteiger partial charge in [-0.15, -0.1) is 0 Å². The zero-order valence-corrected chi connectivity index (χ0v) is 19.7. The first-order valence-electron chi connectivity index (χ1n) is 13.0. The van der Waals surface area contributed by atoms with Crippen molar-refractivity contribution in [3.8, 4) is 11.1 Å². The predicted octanol–water partition coefficient (Wildman–Crippen LogP) is 9.84. The molecule has 0 spiro atoms. The van der Waals surface area contributed by atoms with Gasteiger partial charge in [0.05, 0.1) is 0 Å².